The number of rotatable bonds is 4. The number of amides is 2. The lowest BCUT2D eigenvalue weighted by Crippen LogP contribution is -2.52. The molecule has 0 spiro atoms. The third-order valence-electron chi connectivity index (χ3n) is 6.70. The van der Waals surface area contributed by atoms with Crippen LogP contribution >= 0.6 is 0 Å². The second kappa shape index (κ2) is 9.78. The van der Waals surface area contributed by atoms with Crippen molar-refractivity contribution in [1.82, 2.24) is 0 Å². The summed E-state index contributed by atoms with van der Waals surface area (Å²) in [5.41, 5.74) is 2.73. The molecular weight excluding hydrogens is 452 g/mol. The van der Waals surface area contributed by atoms with E-state index in [2.05, 4.69) is 0 Å². The van der Waals surface area contributed by atoms with Crippen molar-refractivity contribution >= 4 is 33.2 Å². The Morgan fingerprint density at radius 2 is 1.71 bits per heavy atom. The van der Waals surface area contributed by atoms with Crippen molar-refractivity contribution < 1.29 is 22.7 Å². The zero-order chi connectivity index (χ0) is 24.5. The highest BCUT2D eigenvalue weighted by Gasteiger charge is 2.35. The molecule has 182 valence electrons. The molecule has 7 nitrogen and oxygen atoms in total. The van der Waals surface area contributed by atoms with Crippen molar-refractivity contribution in [3.05, 3.63) is 42.5 Å². The molecule has 34 heavy (non-hydrogen) atoms. The van der Waals surface area contributed by atoms with Gasteiger partial charge in [0.05, 0.1) is 28.1 Å². The van der Waals surface area contributed by atoms with Gasteiger partial charge in [0.2, 0.25) is 5.91 Å². The van der Waals surface area contributed by atoms with Gasteiger partial charge in [0.1, 0.15) is 6.10 Å². The van der Waals surface area contributed by atoms with Gasteiger partial charge >= 0.3 is 6.09 Å². The first kappa shape index (κ1) is 24.3. The van der Waals surface area contributed by atoms with Crippen LogP contribution in [0.3, 0.4) is 0 Å². The first-order chi connectivity index (χ1) is 16.2. The number of benzene rings is 2. The molecule has 0 bridgehead atoms. The summed E-state index contributed by atoms with van der Waals surface area (Å²) < 4.78 is 30.6. The molecule has 0 saturated heterocycles. The van der Waals surface area contributed by atoms with E-state index in [4.69, 9.17) is 4.74 Å². The molecule has 2 aromatic rings. The number of sulfone groups is 1. The van der Waals surface area contributed by atoms with Gasteiger partial charge in [0.15, 0.2) is 9.84 Å². The van der Waals surface area contributed by atoms with E-state index < -0.39 is 15.9 Å². The zero-order valence-corrected chi connectivity index (χ0v) is 20.8. The topological polar surface area (TPSA) is 84.0 Å². The quantitative estimate of drug-likeness (QED) is 0.597. The summed E-state index contributed by atoms with van der Waals surface area (Å²) in [5.74, 6) is -0.0785. The van der Waals surface area contributed by atoms with E-state index >= 15 is 0 Å². The summed E-state index contributed by atoms with van der Waals surface area (Å²) in [6.45, 7) is 5.38. The normalized spacial score (nSPS) is 19.0. The highest BCUT2D eigenvalue weighted by atomic mass is 32.2. The van der Waals surface area contributed by atoms with Crippen LogP contribution in [0.5, 0.6) is 0 Å². The average molecular weight is 485 g/mol. The minimum Gasteiger partial charge on any atom is -0.446 e. The molecule has 2 amide bonds. The van der Waals surface area contributed by atoms with Gasteiger partial charge in [-0.2, -0.15) is 0 Å². The SMILES string of the molecule is CCS(=O)(=O)c1cccc(-c2ccc3c(c2)N(C(=O)OC2CCCCC2)CC(C)N3C(C)=O)c1. The minimum absolute atomic E-state index is 0.0207. The number of hydrogen-bond donors (Lipinski definition) is 0. The van der Waals surface area contributed by atoms with Gasteiger partial charge in [0, 0.05) is 13.5 Å². The molecule has 0 radical (unpaired) electrons. The Labute approximate surface area is 201 Å². The molecule has 2 aromatic carbocycles. The van der Waals surface area contributed by atoms with Crippen LogP contribution in [0.15, 0.2) is 47.4 Å². The van der Waals surface area contributed by atoms with E-state index in [1.807, 2.05) is 31.2 Å². The molecule has 0 aromatic heterocycles. The van der Waals surface area contributed by atoms with Gasteiger partial charge in [-0.25, -0.2) is 13.2 Å². The Morgan fingerprint density at radius 1 is 1.00 bits per heavy atom. The third kappa shape index (κ3) is 4.82. The Bertz CT molecular complexity index is 1190. The van der Waals surface area contributed by atoms with Crippen LogP contribution in [-0.2, 0) is 19.4 Å². The van der Waals surface area contributed by atoms with E-state index in [0.717, 1.165) is 36.8 Å². The predicted molar refractivity (Wildman–Crippen MR) is 133 cm³/mol. The van der Waals surface area contributed by atoms with E-state index in [9.17, 15) is 18.0 Å². The lowest BCUT2D eigenvalue weighted by atomic mass is 9.98. The van der Waals surface area contributed by atoms with Crippen molar-refractivity contribution in [3.8, 4) is 11.1 Å². The molecule has 4 rings (SSSR count). The Balaban J connectivity index is 1.74. The van der Waals surface area contributed by atoms with Crippen LogP contribution in [0.2, 0.25) is 0 Å². The number of carbonyl (C=O) groups is 2. The van der Waals surface area contributed by atoms with Crippen LogP contribution in [0.4, 0.5) is 16.2 Å². The molecule has 1 saturated carbocycles. The zero-order valence-electron chi connectivity index (χ0n) is 20.0. The predicted octanol–water partition coefficient (Wildman–Crippen LogP) is 5.18. The molecule has 1 fully saturated rings. The fraction of sp³-hybridized carbons (Fsp3) is 0.462. The second-order valence-corrected chi connectivity index (χ2v) is 11.4. The van der Waals surface area contributed by atoms with Crippen LogP contribution in [0.25, 0.3) is 11.1 Å². The molecule has 1 unspecified atom stereocenters. The van der Waals surface area contributed by atoms with Crippen molar-refractivity contribution in [3.63, 3.8) is 0 Å². The smallest absolute Gasteiger partial charge is 0.414 e. The first-order valence-electron chi connectivity index (χ1n) is 12.0. The van der Waals surface area contributed by atoms with E-state index in [1.54, 1.807) is 34.9 Å². The molecule has 0 N–H and O–H groups in total. The molecule has 1 aliphatic heterocycles. The Morgan fingerprint density at radius 3 is 2.38 bits per heavy atom. The van der Waals surface area contributed by atoms with E-state index in [-0.39, 0.29) is 28.7 Å². The number of fused-ring (bicyclic) bond motifs is 1. The van der Waals surface area contributed by atoms with E-state index in [1.165, 1.54) is 13.3 Å². The Kier molecular flexibility index (Phi) is 6.98. The van der Waals surface area contributed by atoms with Gasteiger partial charge < -0.3 is 9.64 Å². The summed E-state index contributed by atoms with van der Waals surface area (Å²) in [6, 6.07) is 12.1. The van der Waals surface area contributed by atoms with Gasteiger partial charge in [-0.15, -0.1) is 0 Å². The van der Waals surface area contributed by atoms with Crippen LogP contribution in [0.1, 0.15) is 52.9 Å². The van der Waals surface area contributed by atoms with Crippen LogP contribution < -0.4 is 9.80 Å². The highest BCUT2D eigenvalue weighted by molar-refractivity contribution is 7.91. The molecular formula is C26H32N2O5S. The van der Waals surface area contributed by atoms with Crippen LogP contribution in [0, 0.1) is 0 Å². The second-order valence-electron chi connectivity index (χ2n) is 9.13. The largest absolute Gasteiger partial charge is 0.446 e. The average Bonchev–Trinajstić information content (AvgIpc) is 2.83. The molecule has 1 aliphatic carbocycles. The maximum atomic E-state index is 13.2. The summed E-state index contributed by atoms with van der Waals surface area (Å²) >= 11 is 0. The summed E-state index contributed by atoms with van der Waals surface area (Å²) in [5, 5.41) is 0. The summed E-state index contributed by atoms with van der Waals surface area (Å²) in [4.78, 5) is 29.3. The monoisotopic (exact) mass is 484 g/mol. The molecule has 1 atom stereocenters. The van der Waals surface area contributed by atoms with Crippen molar-refractivity contribution in [2.45, 2.75) is 69.9 Å². The van der Waals surface area contributed by atoms with Crippen molar-refractivity contribution in [2.75, 3.05) is 22.1 Å². The van der Waals surface area contributed by atoms with Gasteiger partial charge in [-0.3, -0.25) is 9.69 Å². The van der Waals surface area contributed by atoms with Gasteiger partial charge in [-0.05, 0) is 68.0 Å². The summed E-state index contributed by atoms with van der Waals surface area (Å²) in [6.07, 6.45) is 4.56. The maximum Gasteiger partial charge on any atom is 0.414 e. The first-order valence-corrected chi connectivity index (χ1v) is 13.6. The molecule has 2 aliphatic rings. The number of hydrogen-bond acceptors (Lipinski definition) is 5. The number of carbonyl (C=O) groups excluding carboxylic acids is 2. The number of ether oxygens (including phenoxy) is 1. The van der Waals surface area contributed by atoms with Crippen molar-refractivity contribution in [2.24, 2.45) is 0 Å². The van der Waals surface area contributed by atoms with Crippen molar-refractivity contribution in [1.29, 1.82) is 0 Å². The van der Waals surface area contributed by atoms with Crippen LogP contribution in [-0.4, -0.2) is 44.9 Å². The summed E-state index contributed by atoms with van der Waals surface area (Å²) in [7, 11) is -3.35. The Hall–Kier alpha value is -2.87. The molecule has 1 heterocycles. The van der Waals surface area contributed by atoms with E-state index in [0.29, 0.717) is 17.9 Å². The highest BCUT2D eigenvalue weighted by Crippen LogP contribution is 2.40. The number of nitrogens with zero attached hydrogens (tertiary/aromatic N) is 2. The lowest BCUT2D eigenvalue weighted by Gasteiger charge is -2.41. The lowest BCUT2D eigenvalue weighted by molar-refractivity contribution is -0.117. The van der Waals surface area contributed by atoms with Gasteiger partial charge in [0.25, 0.3) is 0 Å². The maximum absolute atomic E-state index is 13.2. The fourth-order valence-corrected chi connectivity index (χ4v) is 5.81. The fourth-order valence-electron chi connectivity index (χ4n) is 4.88. The van der Waals surface area contributed by atoms with Gasteiger partial charge in [-0.1, -0.05) is 31.5 Å². The minimum atomic E-state index is -3.35. The standard InChI is InChI=1S/C26H32N2O5S/c1-4-34(31,32)23-12-8-9-20(15-23)21-13-14-24-25(16-21)27(17-18(2)28(24)19(3)29)26(30)33-22-10-6-5-7-11-22/h8-9,12-16,18,22H,4-7,10-11,17H2,1-3H3. The third-order valence-corrected chi connectivity index (χ3v) is 8.43. The number of anilines is 2. The molecule has 8 heteroatoms.